The van der Waals surface area contributed by atoms with Crippen LogP contribution < -0.4 is 15.4 Å². The molecule has 0 aliphatic carbocycles. The number of amides is 1. The molecule has 1 aliphatic heterocycles. The molecule has 1 saturated heterocycles. The van der Waals surface area contributed by atoms with Crippen LogP contribution in [0.5, 0.6) is 5.88 Å². The molecule has 16 heteroatoms. The lowest BCUT2D eigenvalue weighted by atomic mass is 10.1. The molecule has 1 amide bonds. The van der Waals surface area contributed by atoms with Crippen molar-refractivity contribution in [2.24, 2.45) is 5.92 Å². The van der Waals surface area contributed by atoms with E-state index in [-0.39, 0.29) is 41.3 Å². The first-order valence-electron chi connectivity index (χ1n) is 11.2. The van der Waals surface area contributed by atoms with Gasteiger partial charge >= 0.3 is 12.4 Å². The number of anilines is 3. The van der Waals surface area contributed by atoms with Gasteiger partial charge in [-0.05, 0) is 37.5 Å². The van der Waals surface area contributed by atoms with Crippen molar-refractivity contribution in [2.75, 3.05) is 36.9 Å². The number of halogens is 6. The number of nitrogens with one attached hydrogen (secondary N) is 2. The van der Waals surface area contributed by atoms with Crippen molar-refractivity contribution in [3.63, 3.8) is 0 Å². The lowest BCUT2D eigenvalue weighted by molar-refractivity contribution is -0.144. The normalized spacial score (nSPS) is 16.4. The molecule has 0 bridgehead atoms. The second-order valence-electron chi connectivity index (χ2n) is 8.54. The molecule has 38 heavy (non-hydrogen) atoms. The largest absolute Gasteiger partial charge is 0.477 e. The highest BCUT2D eigenvalue weighted by Gasteiger charge is 2.35. The van der Waals surface area contributed by atoms with Crippen molar-refractivity contribution in [2.45, 2.75) is 25.7 Å². The summed E-state index contributed by atoms with van der Waals surface area (Å²) in [6.45, 7) is 1.52. The molecular formula is C22H21F6N7O2S. The molecular weight excluding hydrogens is 540 g/mol. The molecule has 9 nitrogen and oxygen atoms in total. The lowest BCUT2D eigenvalue weighted by Gasteiger charge is -2.17. The van der Waals surface area contributed by atoms with E-state index in [1.54, 1.807) is 13.0 Å². The highest BCUT2D eigenvalue weighted by Crippen LogP contribution is 2.30. The molecule has 0 unspecified atom stereocenters. The number of hydrogen-bond donors (Lipinski definition) is 2. The van der Waals surface area contributed by atoms with E-state index in [2.05, 4.69) is 30.0 Å². The molecule has 0 aromatic carbocycles. The van der Waals surface area contributed by atoms with Gasteiger partial charge in [0.05, 0.1) is 48.7 Å². The molecule has 4 heterocycles. The van der Waals surface area contributed by atoms with Gasteiger partial charge in [0, 0.05) is 18.5 Å². The zero-order valence-corrected chi connectivity index (χ0v) is 20.5. The fraction of sp³-hybridized carbons (Fsp3) is 0.409. The molecule has 0 saturated carbocycles. The van der Waals surface area contributed by atoms with Crippen molar-refractivity contribution < 1.29 is 35.9 Å². The smallest absolute Gasteiger partial charge is 0.434 e. The van der Waals surface area contributed by atoms with Gasteiger partial charge in [0.2, 0.25) is 5.88 Å². The maximum atomic E-state index is 12.9. The fourth-order valence-corrected chi connectivity index (χ4v) is 4.56. The first kappa shape index (κ1) is 27.5. The van der Waals surface area contributed by atoms with Crippen LogP contribution in [0.15, 0.2) is 30.7 Å². The van der Waals surface area contributed by atoms with Crippen LogP contribution in [0.3, 0.4) is 0 Å². The highest BCUT2D eigenvalue weighted by molar-refractivity contribution is 7.10. The summed E-state index contributed by atoms with van der Waals surface area (Å²) >= 11 is 0.930. The zero-order chi connectivity index (χ0) is 27.5. The van der Waals surface area contributed by atoms with Crippen LogP contribution in [0.2, 0.25) is 0 Å². The van der Waals surface area contributed by atoms with Crippen LogP contribution in [0.1, 0.15) is 28.2 Å². The summed E-state index contributed by atoms with van der Waals surface area (Å²) in [4.78, 5) is 25.4. The number of nitrogens with zero attached hydrogens (tertiary/aromatic N) is 5. The Balaban J connectivity index is 1.32. The van der Waals surface area contributed by atoms with E-state index in [0.717, 1.165) is 17.7 Å². The van der Waals surface area contributed by atoms with Crippen LogP contribution in [0, 0.1) is 12.8 Å². The molecule has 0 radical (unpaired) electrons. The van der Waals surface area contributed by atoms with Crippen molar-refractivity contribution in [1.29, 1.82) is 0 Å². The Bertz CT molecular complexity index is 1250. The number of ether oxygens (including phenoxy) is 1. The average Bonchev–Trinajstić information content (AvgIpc) is 3.43. The van der Waals surface area contributed by atoms with E-state index in [1.165, 1.54) is 17.2 Å². The number of hydrogen-bond acceptors (Lipinski definition) is 9. The van der Waals surface area contributed by atoms with Crippen LogP contribution in [0.4, 0.5) is 42.8 Å². The molecule has 4 rings (SSSR count). The summed E-state index contributed by atoms with van der Waals surface area (Å²) in [5, 5.41) is 5.69. The minimum atomic E-state index is -4.62. The van der Waals surface area contributed by atoms with E-state index in [1.807, 2.05) is 0 Å². The Kier molecular flexibility index (Phi) is 8.01. The van der Waals surface area contributed by atoms with E-state index in [0.29, 0.717) is 30.5 Å². The average molecular weight is 562 g/mol. The third-order valence-corrected chi connectivity index (χ3v) is 6.36. The van der Waals surface area contributed by atoms with Crippen molar-refractivity contribution in [1.82, 2.24) is 24.2 Å². The Morgan fingerprint density at radius 1 is 1.13 bits per heavy atom. The van der Waals surface area contributed by atoms with Gasteiger partial charge in [-0.3, -0.25) is 9.69 Å². The molecule has 1 aliphatic rings. The summed E-state index contributed by atoms with van der Waals surface area (Å²) < 4.78 is 85.4. The summed E-state index contributed by atoms with van der Waals surface area (Å²) in [7, 11) is 0. The second kappa shape index (κ2) is 11.1. The van der Waals surface area contributed by atoms with Gasteiger partial charge in [-0.15, -0.1) is 0 Å². The molecule has 3 aromatic heterocycles. The number of rotatable bonds is 8. The molecule has 1 fully saturated rings. The Labute approximate surface area is 216 Å². The Hall–Kier alpha value is -3.53. The number of likely N-dealkylation sites (tertiary alicyclic amines) is 1. The number of pyridine rings is 1. The maximum Gasteiger partial charge on any atom is 0.434 e. The highest BCUT2D eigenvalue weighted by atomic mass is 32.1. The van der Waals surface area contributed by atoms with Gasteiger partial charge < -0.3 is 15.4 Å². The quantitative estimate of drug-likeness (QED) is 0.374. The summed E-state index contributed by atoms with van der Waals surface area (Å²) in [6.07, 6.45) is -5.42. The first-order valence-corrected chi connectivity index (χ1v) is 12.0. The minimum absolute atomic E-state index is 0.00246. The second-order valence-corrected chi connectivity index (χ2v) is 9.31. The SMILES string of the molecule is Cc1nsc(Nc2cnc(C(F)(F)F)cn2)c1C(=O)Nc1ccc(OC[C@H]2CCN(CC(F)(F)F)C2)nc1. The summed E-state index contributed by atoms with van der Waals surface area (Å²) in [5.74, 6) is -0.325. The van der Waals surface area contributed by atoms with E-state index < -0.39 is 30.5 Å². The van der Waals surface area contributed by atoms with E-state index in [4.69, 9.17) is 4.74 Å². The summed E-state index contributed by atoms with van der Waals surface area (Å²) in [6, 6.07) is 3.07. The third-order valence-electron chi connectivity index (χ3n) is 5.51. The molecule has 1 atom stereocenters. The number of aryl methyl sites for hydroxylation is 1. The Morgan fingerprint density at radius 3 is 2.55 bits per heavy atom. The summed E-state index contributed by atoms with van der Waals surface area (Å²) in [5.41, 5.74) is -0.251. The number of aromatic nitrogens is 4. The first-order chi connectivity index (χ1) is 17.9. The predicted molar refractivity (Wildman–Crippen MR) is 125 cm³/mol. The lowest BCUT2D eigenvalue weighted by Crippen LogP contribution is -2.32. The fourth-order valence-electron chi connectivity index (χ4n) is 3.76. The van der Waals surface area contributed by atoms with Gasteiger partial charge in [0.1, 0.15) is 10.8 Å². The maximum absolute atomic E-state index is 12.9. The minimum Gasteiger partial charge on any atom is -0.477 e. The molecule has 0 spiro atoms. The standard InChI is InChI=1S/C22H21F6N7O2S/c1-12-18(20(38-34-12)33-16-8-29-15(7-30-16)22(26,27)28)19(36)32-14-2-3-17(31-6-14)37-10-13-4-5-35(9-13)11-21(23,24)25/h2-3,6-8,13H,4-5,9-11H2,1H3,(H,30,33)(H,32,36)/t13-/m0/s1. The molecule has 3 aromatic rings. The van der Waals surface area contributed by atoms with Crippen molar-refractivity contribution in [3.8, 4) is 5.88 Å². The van der Waals surface area contributed by atoms with E-state index in [9.17, 15) is 31.1 Å². The van der Waals surface area contributed by atoms with Crippen molar-refractivity contribution >= 4 is 33.9 Å². The third kappa shape index (κ3) is 7.28. The predicted octanol–water partition coefficient (Wildman–Crippen LogP) is 4.91. The van der Waals surface area contributed by atoms with Crippen LogP contribution in [-0.4, -0.2) is 62.6 Å². The van der Waals surface area contributed by atoms with Crippen LogP contribution in [-0.2, 0) is 6.18 Å². The van der Waals surface area contributed by atoms with Crippen LogP contribution >= 0.6 is 11.5 Å². The Morgan fingerprint density at radius 2 is 1.92 bits per heavy atom. The van der Waals surface area contributed by atoms with Gasteiger partial charge in [-0.2, -0.15) is 30.7 Å². The van der Waals surface area contributed by atoms with Gasteiger partial charge in [0.15, 0.2) is 5.69 Å². The monoisotopic (exact) mass is 561 g/mol. The number of alkyl halides is 6. The zero-order valence-electron chi connectivity index (χ0n) is 19.7. The van der Waals surface area contributed by atoms with Crippen LogP contribution in [0.25, 0.3) is 0 Å². The van der Waals surface area contributed by atoms with Gasteiger partial charge in [-0.25, -0.2) is 15.0 Å². The molecule has 2 N–H and O–H groups in total. The van der Waals surface area contributed by atoms with E-state index >= 15 is 0 Å². The van der Waals surface area contributed by atoms with Gasteiger partial charge in [-0.1, -0.05) is 0 Å². The number of carbonyl (C=O) groups excluding carboxylic acids is 1. The van der Waals surface area contributed by atoms with Gasteiger partial charge in [0.25, 0.3) is 5.91 Å². The topological polar surface area (TPSA) is 105 Å². The molecule has 204 valence electrons. The number of carbonyl (C=O) groups is 1. The van der Waals surface area contributed by atoms with Crippen molar-refractivity contribution in [3.05, 3.63) is 47.7 Å².